The van der Waals surface area contributed by atoms with Crippen molar-refractivity contribution >= 4 is 11.9 Å². The number of aliphatic hydroxyl groups excluding tert-OH is 5. The van der Waals surface area contributed by atoms with Gasteiger partial charge in [-0.05, 0) is 70.6 Å². The summed E-state index contributed by atoms with van der Waals surface area (Å²) in [5.41, 5.74) is 0. The third-order valence-corrected chi connectivity index (χ3v) is 13.5. The van der Waals surface area contributed by atoms with Crippen LogP contribution in [0.5, 0.6) is 0 Å². The van der Waals surface area contributed by atoms with Gasteiger partial charge in [0.2, 0.25) is 5.91 Å². The molecule has 7 unspecified atom stereocenters. The molecule has 69 heavy (non-hydrogen) atoms. The Morgan fingerprint density at radius 2 is 0.942 bits per heavy atom. The molecule has 11 heteroatoms. The molecule has 0 bridgehead atoms. The summed E-state index contributed by atoms with van der Waals surface area (Å²) in [5, 5.41) is 54.1. The number of ether oxygens (including phenoxy) is 3. The molecule has 0 spiro atoms. The lowest BCUT2D eigenvalue weighted by Gasteiger charge is -2.40. The van der Waals surface area contributed by atoms with Gasteiger partial charge in [-0.15, -0.1) is 0 Å². The van der Waals surface area contributed by atoms with Gasteiger partial charge in [-0.3, -0.25) is 9.59 Å². The summed E-state index contributed by atoms with van der Waals surface area (Å²) in [6.45, 7) is 4.26. The number of esters is 1. The van der Waals surface area contributed by atoms with E-state index < -0.39 is 49.5 Å². The maximum absolute atomic E-state index is 13.0. The lowest BCUT2D eigenvalue weighted by molar-refractivity contribution is -0.302. The fraction of sp³-hybridized carbons (Fsp3) is 0.862. The molecule has 0 saturated carbocycles. The number of allylic oxidation sites excluding steroid dienone is 5. The van der Waals surface area contributed by atoms with Crippen LogP contribution < -0.4 is 5.32 Å². The number of rotatable bonds is 49. The summed E-state index contributed by atoms with van der Waals surface area (Å²) < 4.78 is 16.6. The van der Waals surface area contributed by atoms with Crippen molar-refractivity contribution in [2.24, 2.45) is 0 Å². The van der Waals surface area contributed by atoms with E-state index in [0.717, 1.165) is 77.0 Å². The zero-order chi connectivity index (χ0) is 50.3. The van der Waals surface area contributed by atoms with E-state index >= 15 is 0 Å². The average Bonchev–Trinajstić information content (AvgIpc) is 3.34. The van der Waals surface area contributed by atoms with E-state index in [2.05, 4.69) is 43.5 Å². The first-order valence-electron chi connectivity index (χ1n) is 28.8. The van der Waals surface area contributed by atoms with Crippen molar-refractivity contribution in [3.05, 3.63) is 36.5 Å². The highest BCUT2D eigenvalue weighted by molar-refractivity contribution is 5.76. The van der Waals surface area contributed by atoms with Crippen molar-refractivity contribution in [2.75, 3.05) is 19.8 Å². The molecule has 1 amide bonds. The first-order chi connectivity index (χ1) is 33.7. The van der Waals surface area contributed by atoms with Crippen molar-refractivity contribution < 1.29 is 49.3 Å². The Balaban J connectivity index is 2.05. The van der Waals surface area contributed by atoms with Gasteiger partial charge < -0.3 is 45.1 Å². The molecule has 0 radical (unpaired) electrons. The predicted octanol–water partition coefficient (Wildman–Crippen LogP) is 12.7. The van der Waals surface area contributed by atoms with Gasteiger partial charge in [0, 0.05) is 12.8 Å². The lowest BCUT2D eigenvalue weighted by Crippen LogP contribution is -2.60. The molecule has 404 valence electrons. The Labute approximate surface area is 422 Å². The second-order valence-electron chi connectivity index (χ2n) is 20.0. The molecule has 1 fully saturated rings. The van der Waals surface area contributed by atoms with E-state index in [9.17, 15) is 35.1 Å². The number of carbonyl (C=O) groups is 2. The molecule has 6 N–H and O–H groups in total. The lowest BCUT2D eigenvalue weighted by atomic mass is 9.99. The largest absolute Gasteiger partial charge is 0.466 e. The standard InChI is InChI=1S/C58H107NO10/c1-3-5-7-9-11-13-25-30-34-38-42-46-54(63)67-47-43-39-35-31-27-24-22-20-18-16-14-15-17-19-21-23-26-29-33-37-41-45-53(62)59-50(51(61)44-40-36-32-28-12-10-8-6-4-2)49-68-58-57(66)56(65)55(64)52(48-60)69-58/h12,15,17,28,40,44,50-52,55-58,60-61,64-66H,3-11,13-14,16,18-27,29-39,41-43,45-49H2,1-2H3,(H,59,62)/b17-15-,28-12+,44-40+. The van der Waals surface area contributed by atoms with Crippen molar-refractivity contribution in [1.82, 2.24) is 5.32 Å². The van der Waals surface area contributed by atoms with E-state index in [-0.39, 0.29) is 18.5 Å². The number of nitrogens with one attached hydrogen (secondary N) is 1. The molecule has 0 aromatic heterocycles. The maximum atomic E-state index is 13.0. The highest BCUT2D eigenvalue weighted by Gasteiger charge is 2.44. The van der Waals surface area contributed by atoms with Gasteiger partial charge in [0.25, 0.3) is 0 Å². The predicted molar refractivity (Wildman–Crippen MR) is 283 cm³/mol. The van der Waals surface area contributed by atoms with Gasteiger partial charge in [-0.25, -0.2) is 0 Å². The second-order valence-corrected chi connectivity index (χ2v) is 20.0. The summed E-state index contributed by atoms with van der Waals surface area (Å²) >= 11 is 0. The third-order valence-electron chi connectivity index (χ3n) is 13.5. The second kappa shape index (κ2) is 48.2. The molecule has 7 atom stereocenters. The zero-order valence-electron chi connectivity index (χ0n) is 44.3. The molecule has 0 aliphatic carbocycles. The normalized spacial score (nSPS) is 19.6. The van der Waals surface area contributed by atoms with Crippen LogP contribution in [0.15, 0.2) is 36.5 Å². The molecule has 1 aliphatic heterocycles. The first-order valence-corrected chi connectivity index (χ1v) is 28.8. The number of hydrogen-bond donors (Lipinski definition) is 6. The monoisotopic (exact) mass is 978 g/mol. The highest BCUT2D eigenvalue weighted by atomic mass is 16.7. The van der Waals surface area contributed by atoms with E-state index in [4.69, 9.17) is 14.2 Å². The summed E-state index contributed by atoms with van der Waals surface area (Å²) in [6.07, 6.45) is 48.2. The molecule has 1 saturated heterocycles. The van der Waals surface area contributed by atoms with Gasteiger partial charge in [-0.1, -0.05) is 211 Å². The van der Waals surface area contributed by atoms with Gasteiger partial charge in [0.05, 0.1) is 32.0 Å². The first kappa shape index (κ1) is 64.9. The van der Waals surface area contributed by atoms with Crippen molar-refractivity contribution in [3.63, 3.8) is 0 Å². The molecule has 1 aliphatic rings. The Bertz CT molecular complexity index is 1240. The average molecular weight is 978 g/mol. The van der Waals surface area contributed by atoms with Crippen LogP contribution >= 0.6 is 0 Å². The Morgan fingerprint density at radius 1 is 0.522 bits per heavy atom. The minimum atomic E-state index is -1.58. The highest BCUT2D eigenvalue weighted by Crippen LogP contribution is 2.23. The zero-order valence-corrected chi connectivity index (χ0v) is 44.3. The molecule has 0 aromatic carbocycles. The van der Waals surface area contributed by atoms with E-state index in [1.54, 1.807) is 6.08 Å². The topological polar surface area (TPSA) is 175 Å². The van der Waals surface area contributed by atoms with Crippen molar-refractivity contribution in [1.29, 1.82) is 0 Å². The van der Waals surface area contributed by atoms with E-state index in [0.29, 0.717) is 19.4 Å². The number of carbonyl (C=O) groups excluding carboxylic acids is 2. The van der Waals surface area contributed by atoms with Crippen LogP contribution in [0.4, 0.5) is 0 Å². The van der Waals surface area contributed by atoms with Crippen LogP contribution in [0.2, 0.25) is 0 Å². The van der Waals surface area contributed by atoms with Crippen molar-refractivity contribution in [3.8, 4) is 0 Å². The molecular formula is C58H107NO10. The van der Waals surface area contributed by atoms with Crippen LogP contribution in [0.25, 0.3) is 0 Å². The van der Waals surface area contributed by atoms with E-state index in [1.807, 2.05) is 6.08 Å². The summed E-state index contributed by atoms with van der Waals surface area (Å²) in [7, 11) is 0. The maximum Gasteiger partial charge on any atom is 0.305 e. The molecule has 1 rings (SSSR count). The van der Waals surface area contributed by atoms with Crippen LogP contribution in [0.1, 0.15) is 258 Å². The van der Waals surface area contributed by atoms with Crippen LogP contribution in [0.3, 0.4) is 0 Å². The van der Waals surface area contributed by atoms with Crippen LogP contribution in [-0.2, 0) is 23.8 Å². The van der Waals surface area contributed by atoms with Gasteiger partial charge in [0.1, 0.15) is 24.4 Å². The molecular weight excluding hydrogens is 871 g/mol. The number of unbranched alkanes of at least 4 members (excludes halogenated alkanes) is 31. The van der Waals surface area contributed by atoms with Crippen molar-refractivity contribution in [2.45, 2.75) is 301 Å². The minimum absolute atomic E-state index is 0.00630. The third kappa shape index (κ3) is 38.2. The van der Waals surface area contributed by atoms with Crippen LogP contribution in [-0.4, -0.2) is 100 Å². The summed E-state index contributed by atoms with van der Waals surface area (Å²) in [4.78, 5) is 25.0. The number of aliphatic hydroxyl groups is 5. The Hall–Kier alpha value is -2.12. The number of amides is 1. The SMILES string of the molecule is CCCCC/C=C/CC/C=C/C(O)C(COC1OC(CO)C(O)C(O)C1O)NC(=O)CCCCCCCCC/C=C\CCCCCCCCCCCCOC(=O)CCCCCCCCCCCCC. The van der Waals surface area contributed by atoms with Gasteiger partial charge in [-0.2, -0.15) is 0 Å². The van der Waals surface area contributed by atoms with E-state index in [1.165, 1.54) is 154 Å². The fourth-order valence-electron chi connectivity index (χ4n) is 8.86. The Morgan fingerprint density at radius 3 is 1.46 bits per heavy atom. The summed E-state index contributed by atoms with van der Waals surface area (Å²) in [5.74, 6) is -0.209. The van der Waals surface area contributed by atoms with Gasteiger partial charge in [0.15, 0.2) is 6.29 Å². The molecule has 1 heterocycles. The molecule has 0 aromatic rings. The quantitative estimate of drug-likeness (QED) is 0.0196. The fourth-order valence-corrected chi connectivity index (χ4v) is 8.86. The minimum Gasteiger partial charge on any atom is -0.466 e. The molecule has 11 nitrogen and oxygen atoms in total. The summed E-state index contributed by atoms with van der Waals surface area (Å²) in [6, 6.07) is -0.831. The number of hydrogen-bond acceptors (Lipinski definition) is 10. The Kier molecular flexibility index (Phi) is 45.3. The van der Waals surface area contributed by atoms with Crippen LogP contribution in [0, 0.1) is 0 Å². The smallest absolute Gasteiger partial charge is 0.305 e. The van der Waals surface area contributed by atoms with Gasteiger partial charge >= 0.3 is 5.97 Å².